The van der Waals surface area contributed by atoms with Gasteiger partial charge < -0.3 is 25.5 Å². The van der Waals surface area contributed by atoms with E-state index < -0.39 is 42.5 Å². The molecule has 0 aromatic heterocycles. The fourth-order valence-electron chi connectivity index (χ4n) is 0.908. The van der Waals surface area contributed by atoms with Crippen molar-refractivity contribution < 1.29 is 39.9 Å². The third-order valence-electron chi connectivity index (χ3n) is 1.70. The van der Waals surface area contributed by atoms with Crippen molar-refractivity contribution in [3.8, 4) is 0 Å². The Morgan fingerprint density at radius 1 is 0.933 bits per heavy atom. The van der Waals surface area contributed by atoms with Crippen molar-refractivity contribution in [1.82, 2.24) is 0 Å². The minimum atomic E-state index is -2.33. The van der Waals surface area contributed by atoms with Crippen LogP contribution >= 0.6 is 0 Å². The van der Waals surface area contributed by atoms with E-state index in [1.54, 1.807) is 0 Å². The van der Waals surface area contributed by atoms with E-state index in [4.69, 9.17) is 25.5 Å². The Morgan fingerprint density at radius 3 is 1.67 bits per heavy atom. The summed E-state index contributed by atoms with van der Waals surface area (Å²) in [4.78, 5) is 30.9. The van der Waals surface area contributed by atoms with Gasteiger partial charge in [0.15, 0.2) is 6.10 Å². The number of rotatable bonds is 6. The van der Waals surface area contributed by atoms with Gasteiger partial charge in [0.25, 0.3) is 0 Å². The fraction of sp³-hybridized carbons (Fsp3) is 0.571. The number of aliphatic hydroxyl groups excluding tert-OH is 2. The van der Waals surface area contributed by atoms with E-state index in [1.807, 2.05) is 0 Å². The lowest BCUT2D eigenvalue weighted by Crippen LogP contribution is -2.43. The molecule has 0 amide bonds. The molecule has 0 aliphatic rings. The normalized spacial score (nSPS) is 16.4. The van der Waals surface area contributed by atoms with Crippen molar-refractivity contribution >= 4 is 17.9 Å². The number of aliphatic carboxylic acids is 3. The zero-order valence-corrected chi connectivity index (χ0v) is 7.40. The average molecular weight is 222 g/mol. The van der Waals surface area contributed by atoms with Gasteiger partial charge in [-0.2, -0.15) is 0 Å². The molecule has 0 aliphatic carbocycles. The minimum Gasteiger partial charge on any atom is -0.481 e. The highest BCUT2D eigenvalue weighted by Crippen LogP contribution is 2.13. The fourth-order valence-corrected chi connectivity index (χ4v) is 0.908. The largest absolute Gasteiger partial charge is 0.481 e. The summed E-state index contributed by atoms with van der Waals surface area (Å²) in [5.41, 5.74) is 0. The molecule has 0 heterocycles. The zero-order valence-electron chi connectivity index (χ0n) is 7.40. The van der Waals surface area contributed by atoms with Crippen LogP contribution in [0.5, 0.6) is 0 Å². The molecule has 3 atom stereocenters. The Balaban J connectivity index is 4.69. The van der Waals surface area contributed by atoms with Crippen molar-refractivity contribution in [2.45, 2.75) is 18.6 Å². The third kappa shape index (κ3) is 3.92. The molecule has 0 aromatic rings. The molecule has 8 heteroatoms. The predicted molar refractivity (Wildman–Crippen MR) is 43.0 cm³/mol. The van der Waals surface area contributed by atoms with Crippen molar-refractivity contribution in [3.05, 3.63) is 0 Å². The summed E-state index contributed by atoms with van der Waals surface area (Å²) >= 11 is 0. The van der Waals surface area contributed by atoms with Crippen LogP contribution in [0, 0.1) is 5.92 Å². The second kappa shape index (κ2) is 5.27. The zero-order chi connectivity index (χ0) is 12.2. The summed E-state index contributed by atoms with van der Waals surface area (Å²) in [6, 6.07) is 0. The second-order valence-electron chi connectivity index (χ2n) is 2.82. The molecule has 0 aliphatic heterocycles. The van der Waals surface area contributed by atoms with Gasteiger partial charge in [-0.25, -0.2) is 4.79 Å². The first-order valence-electron chi connectivity index (χ1n) is 3.81. The van der Waals surface area contributed by atoms with Crippen LogP contribution in [-0.2, 0) is 14.4 Å². The Kier molecular flexibility index (Phi) is 4.68. The SMILES string of the molecule is O=C(O)CC(C(=O)O)C(O)C(O)C(=O)O. The van der Waals surface area contributed by atoms with Gasteiger partial charge in [0, 0.05) is 0 Å². The van der Waals surface area contributed by atoms with E-state index in [9.17, 15) is 14.4 Å². The van der Waals surface area contributed by atoms with Crippen LogP contribution in [0.3, 0.4) is 0 Å². The molecule has 0 fully saturated rings. The summed E-state index contributed by atoms with van der Waals surface area (Å²) in [5, 5.41) is 43.0. The van der Waals surface area contributed by atoms with Crippen LogP contribution in [0.25, 0.3) is 0 Å². The standard InChI is InChI=1S/C7H10O8/c8-3(9)1-2(6(12)13)4(10)5(11)7(14)15/h2,4-5,10-11H,1H2,(H,8,9)(H,12,13)(H,14,15). The molecule has 0 bridgehead atoms. The summed E-state index contributed by atoms with van der Waals surface area (Å²) in [5.74, 6) is -6.89. The Bertz CT molecular complexity index is 272. The molecule has 8 nitrogen and oxygen atoms in total. The molecule has 86 valence electrons. The third-order valence-corrected chi connectivity index (χ3v) is 1.70. The molecule has 0 radical (unpaired) electrons. The number of carbonyl (C=O) groups is 3. The van der Waals surface area contributed by atoms with Gasteiger partial charge in [0.05, 0.1) is 12.3 Å². The average Bonchev–Trinajstić information content (AvgIpc) is 2.10. The van der Waals surface area contributed by atoms with Gasteiger partial charge in [-0.1, -0.05) is 0 Å². The molecule has 3 unspecified atom stereocenters. The van der Waals surface area contributed by atoms with Gasteiger partial charge in [-0.3, -0.25) is 9.59 Å². The van der Waals surface area contributed by atoms with Crippen LogP contribution in [-0.4, -0.2) is 55.6 Å². The molecule has 0 rings (SSSR count). The molecule has 0 saturated heterocycles. The minimum absolute atomic E-state index is 0.971. The lowest BCUT2D eigenvalue weighted by Gasteiger charge is -2.19. The van der Waals surface area contributed by atoms with E-state index in [0.717, 1.165) is 0 Å². The van der Waals surface area contributed by atoms with Crippen LogP contribution in [0.15, 0.2) is 0 Å². The van der Waals surface area contributed by atoms with Crippen LogP contribution in [0.1, 0.15) is 6.42 Å². The molecular weight excluding hydrogens is 212 g/mol. The maximum Gasteiger partial charge on any atom is 0.335 e. The Labute approximate surface area is 83.4 Å². The topological polar surface area (TPSA) is 152 Å². The van der Waals surface area contributed by atoms with Gasteiger partial charge in [0.2, 0.25) is 0 Å². The maximum absolute atomic E-state index is 10.5. The maximum atomic E-state index is 10.5. The number of carboxylic acid groups (broad SMARTS) is 3. The first-order valence-corrected chi connectivity index (χ1v) is 3.81. The van der Waals surface area contributed by atoms with Crippen LogP contribution in [0.2, 0.25) is 0 Å². The number of carboxylic acids is 3. The molecule has 0 saturated carbocycles. The smallest absolute Gasteiger partial charge is 0.335 e. The molecule has 0 spiro atoms. The monoisotopic (exact) mass is 222 g/mol. The lowest BCUT2D eigenvalue weighted by atomic mass is 9.94. The number of hydrogen-bond donors (Lipinski definition) is 5. The predicted octanol–water partition coefficient (Wildman–Crippen LogP) is -2.03. The summed E-state index contributed by atoms with van der Waals surface area (Å²) in [7, 11) is 0. The van der Waals surface area contributed by atoms with Gasteiger partial charge in [-0.05, 0) is 0 Å². The molecule has 5 N–H and O–H groups in total. The molecular formula is C7H10O8. The Morgan fingerprint density at radius 2 is 1.40 bits per heavy atom. The van der Waals surface area contributed by atoms with E-state index in [2.05, 4.69) is 0 Å². The number of hydrogen-bond acceptors (Lipinski definition) is 5. The Hall–Kier alpha value is -1.67. The van der Waals surface area contributed by atoms with E-state index in [-0.39, 0.29) is 0 Å². The van der Waals surface area contributed by atoms with Crippen LogP contribution < -0.4 is 0 Å². The van der Waals surface area contributed by atoms with Crippen molar-refractivity contribution in [2.75, 3.05) is 0 Å². The van der Waals surface area contributed by atoms with E-state index in [0.29, 0.717) is 0 Å². The first kappa shape index (κ1) is 13.3. The van der Waals surface area contributed by atoms with Gasteiger partial charge in [-0.15, -0.1) is 0 Å². The lowest BCUT2D eigenvalue weighted by molar-refractivity contribution is -0.164. The van der Waals surface area contributed by atoms with Gasteiger partial charge in [0.1, 0.15) is 6.10 Å². The van der Waals surface area contributed by atoms with Crippen molar-refractivity contribution in [1.29, 1.82) is 0 Å². The number of aliphatic hydroxyl groups is 2. The van der Waals surface area contributed by atoms with Crippen molar-refractivity contribution in [3.63, 3.8) is 0 Å². The second-order valence-corrected chi connectivity index (χ2v) is 2.82. The summed E-state index contributed by atoms with van der Waals surface area (Å²) in [6.45, 7) is 0. The van der Waals surface area contributed by atoms with E-state index in [1.165, 1.54) is 0 Å². The molecule has 0 aromatic carbocycles. The first-order chi connectivity index (χ1) is 6.77. The summed E-state index contributed by atoms with van der Waals surface area (Å²) < 4.78 is 0. The quantitative estimate of drug-likeness (QED) is 0.345. The van der Waals surface area contributed by atoms with Crippen molar-refractivity contribution in [2.24, 2.45) is 5.92 Å². The highest BCUT2D eigenvalue weighted by molar-refractivity contribution is 5.80. The summed E-state index contributed by atoms with van der Waals surface area (Å²) in [6.07, 6.45) is -5.47. The molecule has 15 heavy (non-hydrogen) atoms. The van der Waals surface area contributed by atoms with E-state index >= 15 is 0 Å². The van der Waals surface area contributed by atoms with Gasteiger partial charge >= 0.3 is 17.9 Å². The van der Waals surface area contributed by atoms with Crippen LogP contribution in [0.4, 0.5) is 0 Å². The highest BCUT2D eigenvalue weighted by atomic mass is 16.4. The highest BCUT2D eigenvalue weighted by Gasteiger charge is 2.37.